The van der Waals surface area contributed by atoms with Gasteiger partial charge in [-0.3, -0.25) is 0 Å². The van der Waals surface area contributed by atoms with Gasteiger partial charge in [-0.05, 0) is 17.7 Å². The number of aromatic nitrogens is 1. The minimum atomic E-state index is 0.501. The topological polar surface area (TPSA) is 28.2 Å². The van der Waals surface area contributed by atoms with Gasteiger partial charge >= 0.3 is 0 Å². The number of nitrogens with one attached hydrogen (secondary N) is 1. The lowest BCUT2D eigenvalue weighted by molar-refractivity contribution is 0.593. The number of rotatable bonds is 6. The number of thiazole rings is 1. The molecule has 1 aromatic carbocycles. The van der Waals surface area contributed by atoms with E-state index in [1.807, 2.05) is 6.20 Å². The molecule has 0 spiro atoms. The summed E-state index contributed by atoms with van der Waals surface area (Å²) in [7, 11) is 2.08. The molecule has 5 heteroatoms. The van der Waals surface area contributed by atoms with Crippen LogP contribution in [0.5, 0.6) is 0 Å². The minimum Gasteiger partial charge on any atom is -0.347 e. The zero-order valence-electron chi connectivity index (χ0n) is 12.1. The van der Waals surface area contributed by atoms with Crippen LogP contribution in [-0.4, -0.2) is 18.1 Å². The Labute approximate surface area is 133 Å². The number of nitrogens with zero attached hydrogens (tertiary/aromatic N) is 2. The van der Waals surface area contributed by atoms with Crippen molar-refractivity contribution in [3.8, 4) is 0 Å². The quantitative estimate of drug-likeness (QED) is 0.849. The van der Waals surface area contributed by atoms with Gasteiger partial charge in [0.05, 0.1) is 0 Å². The van der Waals surface area contributed by atoms with E-state index in [-0.39, 0.29) is 0 Å². The van der Waals surface area contributed by atoms with Gasteiger partial charge in [-0.2, -0.15) is 0 Å². The molecule has 2 rings (SSSR count). The van der Waals surface area contributed by atoms with Crippen molar-refractivity contribution in [3.05, 3.63) is 45.4 Å². The average molecular weight is 354 g/mol. The van der Waals surface area contributed by atoms with Crippen LogP contribution in [0.4, 0.5) is 5.13 Å². The van der Waals surface area contributed by atoms with Crippen molar-refractivity contribution in [2.75, 3.05) is 11.9 Å². The van der Waals surface area contributed by atoms with Crippen LogP contribution in [-0.2, 0) is 13.1 Å². The van der Waals surface area contributed by atoms with Crippen molar-refractivity contribution >= 4 is 32.4 Å². The van der Waals surface area contributed by atoms with E-state index in [9.17, 15) is 0 Å². The first kappa shape index (κ1) is 15.5. The molecule has 108 valence electrons. The van der Waals surface area contributed by atoms with E-state index < -0.39 is 0 Å². The lowest BCUT2D eigenvalue weighted by atomic mass is 10.2. The Morgan fingerprint density at radius 1 is 1.30 bits per heavy atom. The van der Waals surface area contributed by atoms with Crippen LogP contribution >= 0.6 is 27.3 Å². The molecule has 1 aromatic heterocycles. The van der Waals surface area contributed by atoms with E-state index in [1.54, 1.807) is 11.3 Å². The molecule has 20 heavy (non-hydrogen) atoms. The second-order valence-corrected chi connectivity index (χ2v) is 7.14. The van der Waals surface area contributed by atoms with Gasteiger partial charge in [0.1, 0.15) is 0 Å². The fourth-order valence-corrected chi connectivity index (χ4v) is 2.88. The summed E-state index contributed by atoms with van der Waals surface area (Å²) < 4.78 is 1.11. The summed E-state index contributed by atoms with van der Waals surface area (Å²) in [4.78, 5) is 7.96. The zero-order valence-corrected chi connectivity index (χ0v) is 14.5. The molecule has 0 aliphatic heterocycles. The maximum Gasteiger partial charge on any atom is 0.185 e. The molecule has 2 aromatic rings. The lowest BCUT2D eigenvalue weighted by Gasteiger charge is -2.15. The second kappa shape index (κ2) is 7.20. The Kier molecular flexibility index (Phi) is 5.57. The predicted molar refractivity (Wildman–Crippen MR) is 90.3 cm³/mol. The van der Waals surface area contributed by atoms with E-state index in [1.165, 1.54) is 10.4 Å². The maximum absolute atomic E-state index is 4.50. The highest BCUT2D eigenvalue weighted by atomic mass is 79.9. The van der Waals surface area contributed by atoms with Crippen LogP contribution in [0.2, 0.25) is 0 Å². The number of anilines is 1. The molecule has 0 bridgehead atoms. The molecular weight excluding hydrogens is 334 g/mol. The molecule has 0 fully saturated rings. The van der Waals surface area contributed by atoms with Crippen molar-refractivity contribution < 1.29 is 0 Å². The van der Waals surface area contributed by atoms with Gasteiger partial charge in [-0.1, -0.05) is 41.9 Å². The third-order valence-corrected chi connectivity index (χ3v) is 4.53. The number of hydrogen-bond acceptors (Lipinski definition) is 4. The van der Waals surface area contributed by atoms with E-state index in [4.69, 9.17) is 0 Å². The monoisotopic (exact) mass is 353 g/mol. The predicted octanol–water partition coefficient (Wildman–Crippen LogP) is 4.04. The minimum absolute atomic E-state index is 0.501. The first-order valence-corrected chi connectivity index (χ1v) is 8.29. The van der Waals surface area contributed by atoms with Crippen molar-refractivity contribution in [2.45, 2.75) is 33.0 Å². The van der Waals surface area contributed by atoms with Crippen molar-refractivity contribution in [1.29, 1.82) is 0 Å². The normalized spacial score (nSPS) is 11.1. The van der Waals surface area contributed by atoms with Crippen LogP contribution < -0.4 is 10.2 Å². The van der Waals surface area contributed by atoms with Gasteiger partial charge in [0.25, 0.3) is 0 Å². The molecule has 0 saturated heterocycles. The van der Waals surface area contributed by atoms with Gasteiger partial charge in [0.15, 0.2) is 5.13 Å². The average Bonchev–Trinajstić information content (AvgIpc) is 2.88. The van der Waals surface area contributed by atoms with Gasteiger partial charge < -0.3 is 10.2 Å². The lowest BCUT2D eigenvalue weighted by Crippen LogP contribution is -2.21. The molecule has 0 radical (unpaired) electrons. The number of hydrogen-bond donors (Lipinski definition) is 1. The Morgan fingerprint density at radius 3 is 2.65 bits per heavy atom. The van der Waals surface area contributed by atoms with Gasteiger partial charge in [-0.15, -0.1) is 11.3 Å². The molecule has 0 aliphatic rings. The van der Waals surface area contributed by atoms with Crippen LogP contribution in [0.25, 0.3) is 0 Å². The Morgan fingerprint density at radius 2 is 2.00 bits per heavy atom. The van der Waals surface area contributed by atoms with Crippen molar-refractivity contribution in [2.24, 2.45) is 0 Å². The fourth-order valence-electron chi connectivity index (χ4n) is 1.79. The zero-order chi connectivity index (χ0) is 14.5. The van der Waals surface area contributed by atoms with E-state index in [0.717, 1.165) is 22.7 Å². The summed E-state index contributed by atoms with van der Waals surface area (Å²) in [5.41, 5.74) is 1.28. The summed E-state index contributed by atoms with van der Waals surface area (Å²) in [6, 6.07) is 8.91. The summed E-state index contributed by atoms with van der Waals surface area (Å²) in [6.45, 7) is 6.07. The molecule has 1 heterocycles. The fraction of sp³-hybridized carbons (Fsp3) is 0.400. The number of benzene rings is 1. The first-order chi connectivity index (χ1) is 9.54. The molecule has 3 nitrogen and oxygen atoms in total. The molecule has 0 unspecified atom stereocenters. The molecular formula is C15H20BrN3S. The Hall–Kier alpha value is -0.910. The highest BCUT2D eigenvalue weighted by Gasteiger charge is 2.08. The van der Waals surface area contributed by atoms with E-state index in [2.05, 4.69) is 76.3 Å². The first-order valence-electron chi connectivity index (χ1n) is 6.68. The summed E-state index contributed by atoms with van der Waals surface area (Å²) in [5, 5.41) is 4.48. The Bertz CT molecular complexity index is 536. The van der Waals surface area contributed by atoms with Crippen LogP contribution in [0.1, 0.15) is 24.3 Å². The summed E-state index contributed by atoms with van der Waals surface area (Å²) in [5.74, 6) is 0. The van der Waals surface area contributed by atoms with Crippen molar-refractivity contribution in [1.82, 2.24) is 10.3 Å². The van der Waals surface area contributed by atoms with Gasteiger partial charge in [0, 0.05) is 41.7 Å². The SMILES string of the molecule is CC(C)NCc1cnc(N(C)Cc2ccc(Br)cc2)s1. The van der Waals surface area contributed by atoms with Crippen LogP contribution in [0.3, 0.4) is 0 Å². The van der Waals surface area contributed by atoms with Crippen LogP contribution in [0.15, 0.2) is 34.9 Å². The molecule has 0 amide bonds. The third-order valence-electron chi connectivity index (χ3n) is 2.89. The molecule has 1 N–H and O–H groups in total. The standard InChI is InChI=1S/C15H20BrN3S/c1-11(2)17-8-14-9-18-15(20-14)19(3)10-12-4-6-13(16)7-5-12/h4-7,9,11,17H,8,10H2,1-3H3. The van der Waals surface area contributed by atoms with Crippen LogP contribution in [0, 0.1) is 0 Å². The Balaban J connectivity index is 1.95. The molecule has 0 aliphatic carbocycles. The summed E-state index contributed by atoms with van der Waals surface area (Å²) in [6.07, 6.45) is 1.97. The molecule has 0 saturated carbocycles. The third kappa shape index (κ3) is 4.58. The highest BCUT2D eigenvalue weighted by molar-refractivity contribution is 9.10. The molecule has 0 atom stereocenters. The second-order valence-electron chi connectivity index (χ2n) is 5.13. The van der Waals surface area contributed by atoms with Gasteiger partial charge in [0.2, 0.25) is 0 Å². The summed E-state index contributed by atoms with van der Waals surface area (Å²) >= 11 is 5.21. The maximum atomic E-state index is 4.50. The largest absolute Gasteiger partial charge is 0.347 e. The van der Waals surface area contributed by atoms with E-state index >= 15 is 0 Å². The highest BCUT2D eigenvalue weighted by Crippen LogP contribution is 2.23. The van der Waals surface area contributed by atoms with Gasteiger partial charge in [-0.25, -0.2) is 4.98 Å². The smallest absolute Gasteiger partial charge is 0.185 e. The van der Waals surface area contributed by atoms with E-state index in [0.29, 0.717) is 6.04 Å². The number of halogens is 1. The van der Waals surface area contributed by atoms with Crippen molar-refractivity contribution in [3.63, 3.8) is 0 Å².